The molecular formula is C13H14N4O3. The molecule has 0 unspecified atom stereocenters. The number of hydrogen-bond donors (Lipinski definition) is 0. The molecule has 0 aliphatic heterocycles. The van der Waals surface area contributed by atoms with Gasteiger partial charge in [-0.3, -0.25) is 9.59 Å². The van der Waals surface area contributed by atoms with Gasteiger partial charge in [-0.05, 0) is 26.0 Å². The molecule has 20 heavy (non-hydrogen) atoms. The van der Waals surface area contributed by atoms with Gasteiger partial charge in [-0.15, -0.1) is 0 Å². The minimum atomic E-state index is -0.490. The van der Waals surface area contributed by atoms with Crippen molar-refractivity contribution in [2.45, 2.75) is 27.2 Å². The second-order valence-corrected chi connectivity index (χ2v) is 4.34. The molecule has 0 aliphatic carbocycles. The largest absolute Gasteiger partial charge is 0.405 e. The lowest BCUT2D eigenvalue weighted by Crippen LogP contribution is -2.10. The van der Waals surface area contributed by atoms with E-state index in [4.69, 9.17) is 4.74 Å². The van der Waals surface area contributed by atoms with Crippen LogP contribution in [0.5, 0.6) is 5.88 Å². The van der Waals surface area contributed by atoms with E-state index >= 15 is 0 Å². The first-order chi connectivity index (χ1) is 9.45. The van der Waals surface area contributed by atoms with E-state index in [0.717, 1.165) is 0 Å². The minimum absolute atomic E-state index is 0.0179. The molecule has 0 aromatic carbocycles. The SMILES string of the molecule is CC(=O)Cc1ccc(-n2cnc(C)n2)c(OC(C)=O)n1. The molecule has 0 atom stereocenters. The summed E-state index contributed by atoms with van der Waals surface area (Å²) in [6.45, 7) is 4.51. The fraction of sp³-hybridized carbons (Fsp3) is 0.308. The third-order valence-corrected chi connectivity index (χ3v) is 2.42. The zero-order valence-corrected chi connectivity index (χ0v) is 11.5. The number of nitrogens with zero attached hydrogens (tertiary/aromatic N) is 4. The highest BCUT2D eigenvalue weighted by atomic mass is 16.5. The highest BCUT2D eigenvalue weighted by Crippen LogP contribution is 2.20. The summed E-state index contributed by atoms with van der Waals surface area (Å²) in [4.78, 5) is 30.5. The fourth-order valence-corrected chi connectivity index (χ4v) is 1.67. The Labute approximate surface area is 115 Å². The molecule has 7 heteroatoms. The summed E-state index contributed by atoms with van der Waals surface area (Å²) in [5.41, 5.74) is 1.03. The Morgan fingerprint density at radius 3 is 2.60 bits per heavy atom. The Hall–Kier alpha value is -2.57. The Morgan fingerprint density at radius 2 is 2.05 bits per heavy atom. The molecule has 0 radical (unpaired) electrons. The minimum Gasteiger partial charge on any atom is -0.405 e. The zero-order valence-electron chi connectivity index (χ0n) is 11.5. The lowest BCUT2D eigenvalue weighted by atomic mass is 10.2. The third-order valence-electron chi connectivity index (χ3n) is 2.42. The Kier molecular flexibility index (Phi) is 3.88. The van der Waals surface area contributed by atoms with E-state index in [-0.39, 0.29) is 18.1 Å². The van der Waals surface area contributed by atoms with Crippen LogP contribution in [0.15, 0.2) is 18.5 Å². The number of ether oxygens (including phenoxy) is 1. The average molecular weight is 274 g/mol. The molecule has 2 aromatic rings. The molecular weight excluding hydrogens is 260 g/mol. The predicted octanol–water partition coefficient (Wildman–Crippen LogP) is 1.03. The van der Waals surface area contributed by atoms with Gasteiger partial charge >= 0.3 is 5.97 Å². The van der Waals surface area contributed by atoms with Gasteiger partial charge in [0, 0.05) is 13.3 Å². The van der Waals surface area contributed by atoms with Crippen molar-refractivity contribution in [3.8, 4) is 11.6 Å². The van der Waals surface area contributed by atoms with Crippen LogP contribution >= 0.6 is 0 Å². The highest BCUT2D eigenvalue weighted by molar-refractivity contribution is 5.78. The van der Waals surface area contributed by atoms with Crippen LogP contribution in [0.2, 0.25) is 0 Å². The van der Waals surface area contributed by atoms with Gasteiger partial charge in [-0.1, -0.05) is 0 Å². The van der Waals surface area contributed by atoms with Crippen LogP contribution in [0.4, 0.5) is 0 Å². The van der Waals surface area contributed by atoms with Crippen LogP contribution in [0.3, 0.4) is 0 Å². The van der Waals surface area contributed by atoms with Crippen LogP contribution in [-0.2, 0) is 16.0 Å². The van der Waals surface area contributed by atoms with Gasteiger partial charge in [0.2, 0.25) is 5.88 Å². The quantitative estimate of drug-likeness (QED) is 0.774. The van der Waals surface area contributed by atoms with E-state index in [0.29, 0.717) is 17.2 Å². The van der Waals surface area contributed by atoms with Crippen molar-refractivity contribution in [1.82, 2.24) is 19.7 Å². The molecule has 2 heterocycles. The molecule has 0 aliphatic rings. The van der Waals surface area contributed by atoms with Crippen LogP contribution in [0, 0.1) is 6.92 Å². The third kappa shape index (κ3) is 3.25. The van der Waals surface area contributed by atoms with Crippen LogP contribution in [0.25, 0.3) is 5.69 Å². The number of ketones is 1. The number of Topliss-reactive ketones (excluding diaryl/α,β-unsaturated/α-hetero) is 1. The van der Waals surface area contributed by atoms with Gasteiger partial charge < -0.3 is 4.74 Å². The zero-order chi connectivity index (χ0) is 14.7. The van der Waals surface area contributed by atoms with E-state index in [9.17, 15) is 9.59 Å². The molecule has 0 saturated heterocycles. The van der Waals surface area contributed by atoms with Gasteiger partial charge in [0.15, 0.2) is 0 Å². The Balaban J connectivity index is 2.44. The van der Waals surface area contributed by atoms with E-state index in [1.54, 1.807) is 19.1 Å². The van der Waals surface area contributed by atoms with E-state index < -0.39 is 5.97 Å². The standard InChI is InChI=1S/C13H14N4O3/c1-8(18)6-11-4-5-12(13(15-11)20-10(3)19)17-7-14-9(2)16-17/h4-5,7H,6H2,1-3H3. The lowest BCUT2D eigenvalue weighted by molar-refractivity contribution is -0.132. The maximum Gasteiger partial charge on any atom is 0.309 e. The van der Waals surface area contributed by atoms with Crippen molar-refractivity contribution >= 4 is 11.8 Å². The van der Waals surface area contributed by atoms with Crippen LogP contribution in [0.1, 0.15) is 25.4 Å². The average Bonchev–Trinajstić information content (AvgIpc) is 2.74. The van der Waals surface area contributed by atoms with Gasteiger partial charge in [-0.25, -0.2) is 14.6 Å². The smallest absolute Gasteiger partial charge is 0.309 e. The second-order valence-electron chi connectivity index (χ2n) is 4.34. The van der Waals surface area contributed by atoms with Gasteiger partial charge in [-0.2, -0.15) is 5.10 Å². The van der Waals surface area contributed by atoms with Gasteiger partial charge in [0.1, 0.15) is 23.6 Å². The lowest BCUT2D eigenvalue weighted by Gasteiger charge is -2.09. The van der Waals surface area contributed by atoms with Crippen molar-refractivity contribution in [2.24, 2.45) is 0 Å². The normalized spacial score (nSPS) is 10.3. The number of hydrogen-bond acceptors (Lipinski definition) is 6. The molecule has 0 bridgehead atoms. The Morgan fingerprint density at radius 1 is 1.30 bits per heavy atom. The summed E-state index contributed by atoms with van der Waals surface area (Å²) in [5, 5.41) is 4.15. The molecule has 2 rings (SSSR count). The summed E-state index contributed by atoms with van der Waals surface area (Å²) in [6.07, 6.45) is 1.69. The van der Waals surface area contributed by atoms with Gasteiger partial charge in [0.05, 0.1) is 5.69 Å². The summed E-state index contributed by atoms with van der Waals surface area (Å²) < 4.78 is 6.55. The van der Waals surface area contributed by atoms with Crippen LogP contribution in [-0.4, -0.2) is 31.5 Å². The number of rotatable bonds is 4. The van der Waals surface area contributed by atoms with E-state index in [1.807, 2.05) is 0 Å². The number of aryl methyl sites for hydroxylation is 1. The first-order valence-corrected chi connectivity index (χ1v) is 6.02. The maximum absolute atomic E-state index is 11.2. The van der Waals surface area contributed by atoms with Crippen molar-refractivity contribution < 1.29 is 14.3 Å². The molecule has 104 valence electrons. The number of carbonyl (C=O) groups excluding carboxylic acids is 2. The van der Waals surface area contributed by atoms with Gasteiger partial charge in [0.25, 0.3) is 0 Å². The monoisotopic (exact) mass is 274 g/mol. The molecule has 0 saturated carbocycles. The first kappa shape index (κ1) is 13.9. The number of aromatic nitrogens is 4. The summed E-state index contributed by atoms with van der Waals surface area (Å²) in [5.74, 6) is 0.193. The number of pyridine rings is 1. The molecule has 2 aromatic heterocycles. The number of carbonyl (C=O) groups is 2. The first-order valence-electron chi connectivity index (χ1n) is 6.02. The second kappa shape index (κ2) is 5.60. The number of esters is 1. The maximum atomic E-state index is 11.2. The van der Waals surface area contributed by atoms with Crippen molar-refractivity contribution in [2.75, 3.05) is 0 Å². The summed E-state index contributed by atoms with van der Waals surface area (Å²) in [7, 11) is 0. The molecule has 0 amide bonds. The van der Waals surface area contributed by atoms with Crippen molar-refractivity contribution in [1.29, 1.82) is 0 Å². The summed E-state index contributed by atoms with van der Waals surface area (Å²) >= 11 is 0. The van der Waals surface area contributed by atoms with Crippen molar-refractivity contribution in [3.63, 3.8) is 0 Å². The molecule has 7 nitrogen and oxygen atoms in total. The van der Waals surface area contributed by atoms with Crippen molar-refractivity contribution in [3.05, 3.63) is 30.0 Å². The fourth-order valence-electron chi connectivity index (χ4n) is 1.67. The van der Waals surface area contributed by atoms with E-state index in [2.05, 4.69) is 15.1 Å². The highest BCUT2D eigenvalue weighted by Gasteiger charge is 2.13. The molecule has 0 fully saturated rings. The molecule has 0 spiro atoms. The topological polar surface area (TPSA) is 87.0 Å². The predicted molar refractivity (Wildman–Crippen MR) is 69.6 cm³/mol. The van der Waals surface area contributed by atoms with E-state index in [1.165, 1.54) is 24.9 Å². The molecule has 0 N–H and O–H groups in total. The van der Waals surface area contributed by atoms with Crippen LogP contribution < -0.4 is 4.74 Å². The Bertz CT molecular complexity index is 663. The summed E-state index contributed by atoms with van der Waals surface area (Å²) in [6, 6.07) is 3.39.